The molecule has 0 radical (unpaired) electrons. The number of nitrogens with zero attached hydrogens (tertiary/aromatic N) is 3. The molecule has 2 amide bonds. The van der Waals surface area contributed by atoms with Crippen LogP contribution in [0.2, 0.25) is 0 Å². The van der Waals surface area contributed by atoms with Gasteiger partial charge in [-0.05, 0) is 24.3 Å². The van der Waals surface area contributed by atoms with Gasteiger partial charge in [0.05, 0.1) is 13.2 Å². The van der Waals surface area contributed by atoms with E-state index < -0.39 is 0 Å². The van der Waals surface area contributed by atoms with Crippen LogP contribution in [0.1, 0.15) is 21.0 Å². The van der Waals surface area contributed by atoms with Crippen LogP contribution in [0.25, 0.3) is 0 Å². The van der Waals surface area contributed by atoms with Gasteiger partial charge in [-0.3, -0.25) is 9.59 Å². The molecule has 24 heavy (non-hydrogen) atoms. The number of hydrogen-bond donors (Lipinski definition) is 0. The van der Waals surface area contributed by atoms with E-state index in [2.05, 4.69) is 4.98 Å². The lowest BCUT2D eigenvalue weighted by atomic mass is 10.2. The zero-order valence-electron chi connectivity index (χ0n) is 13.5. The van der Waals surface area contributed by atoms with Crippen LogP contribution in [-0.2, 0) is 4.74 Å². The minimum absolute atomic E-state index is 0.171. The number of benzene rings is 1. The van der Waals surface area contributed by atoms with E-state index in [0.29, 0.717) is 26.3 Å². The highest BCUT2D eigenvalue weighted by Crippen LogP contribution is 2.14. The average molecular weight is 325 g/mol. The standard InChI is InChI=1S/C18H19N3O3/c1-20(14-6-3-2-4-7-14)17(22)15-8-5-9-16(19-15)18(23)21-10-12-24-13-11-21/h2-9H,10-13H2,1H3. The summed E-state index contributed by atoms with van der Waals surface area (Å²) in [6.07, 6.45) is 0. The molecule has 1 aliphatic rings. The molecule has 0 spiro atoms. The molecular weight excluding hydrogens is 306 g/mol. The highest BCUT2D eigenvalue weighted by molar-refractivity contribution is 6.05. The molecule has 0 atom stereocenters. The van der Waals surface area contributed by atoms with Gasteiger partial charge in [0, 0.05) is 25.8 Å². The number of carbonyl (C=O) groups is 2. The van der Waals surface area contributed by atoms with Crippen molar-refractivity contribution in [1.82, 2.24) is 9.88 Å². The molecule has 0 aliphatic carbocycles. The van der Waals surface area contributed by atoms with Gasteiger partial charge in [-0.2, -0.15) is 0 Å². The molecule has 3 rings (SSSR count). The molecule has 2 heterocycles. The summed E-state index contributed by atoms with van der Waals surface area (Å²) in [5.74, 6) is -0.423. The van der Waals surface area contributed by atoms with Crippen LogP contribution in [0.3, 0.4) is 0 Å². The van der Waals surface area contributed by atoms with Crippen LogP contribution in [0.4, 0.5) is 5.69 Å². The Kier molecular flexibility index (Phi) is 4.86. The van der Waals surface area contributed by atoms with E-state index in [-0.39, 0.29) is 23.2 Å². The minimum atomic E-state index is -0.252. The lowest BCUT2D eigenvalue weighted by Crippen LogP contribution is -2.41. The fraction of sp³-hybridized carbons (Fsp3) is 0.278. The fourth-order valence-electron chi connectivity index (χ4n) is 2.54. The van der Waals surface area contributed by atoms with Crippen LogP contribution < -0.4 is 4.90 Å². The second-order valence-corrected chi connectivity index (χ2v) is 5.51. The molecule has 6 nitrogen and oxygen atoms in total. The highest BCUT2D eigenvalue weighted by atomic mass is 16.5. The number of hydrogen-bond acceptors (Lipinski definition) is 4. The molecule has 1 fully saturated rings. The zero-order chi connectivity index (χ0) is 16.9. The quantitative estimate of drug-likeness (QED) is 0.864. The maximum absolute atomic E-state index is 12.6. The number of aromatic nitrogens is 1. The summed E-state index contributed by atoms with van der Waals surface area (Å²) in [4.78, 5) is 32.6. The van der Waals surface area contributed by atoms with Crippen molar-refractivity contribution in [2.45, 2.75) is 0 Å². The summed E-state index contributed by atoms with van der Waals surface area (Å²) >= 11 is 0. The van der Waals surface area contributed by atoms with E-state index in [4.69, 9.17) is 4.74 Å². The molecule has 6 heteroatoms. The average Bonchev–Trinajstić information content (AvgIpc) is 2.67. The van der Waals surface area contributed by atoms with Gasteiger partial charge in [-0.1, -0.05) is 24.3 Å². The Balaban J connectivity index is 1.79. The molecule has 2 aromatic rings. The van der Waals surface area contributed by atoms with Gasteiger partial charge in [0.25, 0.3) is 11.8 Å². The van der Waals surface area contributed by atoms with Crippen LogP contribution in [0.15, 0.2) is 48.5 Å². The molecule has 1 saturated heterocycles. The van der Waals surface area contributed by atoms with E-state index in [1.54, 1.807) is 30.1 Å². The Morgan fingerprint density at radius 3 is 2.38 bits per heavy atom. The Bertz CT molecular complexity index is 727. The summed E-state index contributed by atoms with van der Waals surface area (Å²) < 4.78 is 5.25. The van der Waals surface area contributed by atoms with Crippen molar-refractivity contribution in [3.8, 4) is 0 Å². The maximum atomic E-state index is 12.6. The zero-order valence-corrected chi connectivity index (χ0v) is 13.5. The maximum Gasteiger partial charge on any atom is 0.276 e. The van der Waals surface area contributed by atoms with Crippen molar-refractivity contribution in [3.63, 3.8) is 0 Å². The lowest BCUT2D eigenvalue weighted by molar-refractivity contribution is 0.0299. The van der Waals surface area contributed by atoms with Gasteiger partial charge < -0.3 is 14.5 Å². The van der Waals surface area contributed by atoms with Crippen molar-refractivity contribution < 1.29 is 14.3 Å². The van der Waals surface area contributed by atoms with Gasteiger partial charge in [0.1, 0.15) is 11.4 Å². The van der Waals surface area contributed by atoms with Gasteiger partial charge in [0.2, 0.25) is 0 Å². The summed E-state index contributed by atoms with van der Waals surface area (Å²) in [6, 6.07) is 14.3. The second kappa shape index (κ2) is 7.23. The van der Waals surface area contributed by atoms with Crippen molar-refractivity contribution in [2.24, 2.45) is 0 Å². The molecule has 1 aromatic carbocycles. The Morgan fingerprint density at radius 1 is 1.00 bits per heavy atom. The van der Waals surface area contributed by atoms with E-state index in [1.807, 2.05) is 30.3 Å². The van der Waals surface area contributed by atoms with Crippen LogP contribution in [0, 0.1) is 0 Å². The van der Waals surface area contributed by atoms with Crippen molar-refractivity contribution in [1.29, 1.82) is 0 Å². The first-order valence-corrected chi connectivity index (χ1v) is 7.84. The Morgan fingerprint density at radius 2 is 1.67 bits per heavy atom. The summed E-state index contributed by atoms with van der Waals surface area (Å²) in [5.41, 5.74) is 1.30. The van der Waals surface area contributed by atoms with E-state index in [1.165, 1.54) is 4.90 Å². The summed E-state index contributed by atoms with van der Waals surface area (Å²) in [5, 5.41) is 0. The van der Waals surface area contributed by atoms with Gasteiger partial charge in [0.15, 0.2) is 0 Å². The van der Waals surface area contributed by atoms with Crippen LogP contribution in [-0.4, -0.2) is 55.0 Å². The SMILES string of the molecule is CN(C(=O)c1cccc(C(=O)N2CCOCC2)n1)c1ccccc1. The van der Waals surface area contributed by atoms with E-state index in [9.17, 15) is 9.59 Å². The van der Waals surface area contributed by atoms with Crippen molar-refractivity contribution in [2.75, 3.05) is 38.3 Å². The van der Waals surface area contributed by atoms with Crippen molar-refractivity contribution in [3.05, 3.63) is 59.9 Å². The van der Waals surface area contributed by atoms with Gasteiger partial charge >= 0.3 is 0 Å². The molecule has 1 aliphatic heterocycles. The normalized spacial score (nSPS) is 14.3. The smallest absolute Gasteiger partial charge is 0.276 e. The number of carbonyl (C=O) groups excluding carboxylic acids is 2. The number of anilines is 1. The number of ether oxygens (including phenoxy) is 1. The number of amides is 2. The number of pyridine rings is 1. The van der Waals surface area contributed by atoms with Gasteiger partial charge in [-0.15, -0.1) is 0 Å². The topological polar surface area (TPSA) is 62.7 Å². The largest absolute Gasteiger partial charge is 0.378 e. The first-order chi connectivity index (χ1) is 11.7. The molecule has 1 aromatic heterocycles. The van der Waals surface area contributed by atoms with E-state index >= 15 is 0 Å². The van der Waals surface area contributed by atoms with Crippen molar-refractivity contribution >= 4 is 17.5 Å². The second-order valence-electron chi connectivity index (χ2n) is 5.51. The van der Waals surface area contributed by atoms with Crippen LogP contribution >= 0.6 is 0 Å². The number of rotatable bonds is 3. The molecular formula is C18H19N3O3. The molecule has 0 bridgehead atoms. The Hall–Kier alpha value is -2.73. The first-order valence-electron chi connectivity index (χ1n) is 7.84. The van der Waals surface area contributed by atoms with E-state index in [0.717, 1.165) is 5.69 Å². The monoisotopic (exact) mass is 325 g/mol. The third-order valence-electron chi connectivity index (χ3n) is 3.93. The number of para-hydroxylation sites is 1. The summed E-state index contributed by atoms with van der Waals surface area (Å²) in [7, 11) is 1.69. The molecule has 124 valence electrons. The number of morpholine rings is 1. The lowest BCUT2D eigenvalue weighted by Gasteiger charge is -2.26. The Labute approximate surface area is 140 Å². The highest BCUT2D eigenvalue weighted by Gasteiger charge is 2.21. The molecule has 0 unspecified atom stereocenters. The molecule has 0 saturated carbocycles. The first kappa shape index (κ1) is 16.1. The fourth-order valence-corrected chi connectivity index (χ4v) is 2.54. The molecule has 0 N–H and O–H groups in total. The third-order valence-corrected chi connectivity index (χ3v) is 3.93. The predicted octanol–water partition coefficient (Wildman–Crippen LogP) is 1.83. The summed E-state index contributed by atoms with van der Waals surface area (Å²) in [6.45, 7) is 2.15. The van der Waals surface area contributed by atoms with Gasteiger partial charge in [-0.25, -0.2) is 4.98 Å². The predicted molar refractivity (Wildman–Crippen MR) is 90.1 cm³/mol. The third kappa shape index (κ3) is 3.44. The van der Waals surface area contributed by atoms with Crippen LogP contribution in [0.5, 0.6) is 0 Å². The minimum Gasteiger partial charge on any atom is -0.378 e.